The average molecular weight is 293 g/mol. The fourth-order valence-electron chi connectivity index (χ4n) is 2.96. The fourth-order valence-corrected chi connectivity index (χ4v) is 2.96. The summed E-state index contributed by atoms with van der Waals surface area (Å²) in [7, 11) is 0. The van der Waals surface area contributed by atoms with Crippen LogP contribution in [0.1, 0.15) is 80.5 Å². The number of hydrogen-bond acceptors (Lipinski definition) is 0. The molecule has 0 spiro atoms. The van der Waals surface area contributed by atoms with Crippen molar-refractivity contribution in [2.24, 2.45) is 0 Å². The Morgan fingerprint density at radius 1 is 0.636 bits per heavy atom. The van der Waals surface area contributed by atoms with E-state index in [2.05, 4.69) is 83.1 Å². The molecule has 0 saturated carbocycles. The molecule has 2 rings (SSSR count). The zero-order chi connectivity index (χ0) is 16.1. The van der Waals surface area contributed by atoms with Crippen LogP contribution in [0, 0.1) is 6.92 Å². The van der Waals surface area contributed by atoms with Crippen LogP contribution in [0.25, 0.3) is 0 Å². The second-order valence-corrected chi connectivity index (χ2v) is 6.84. The van der Waals surface area contributed by atoms with Crippen molar-refractivity contribution in [2.75, 3.05) is 0 Å². The maximum atomic E-state index is 4.07. The van der Waals surface area contributed by atoms with Crippen LogP contribution in [-0.2, 0) is 0 Å². The Morgan fingerprint density at radius 3 is 1.23 bits per heavy atom. The minimum Gasteiger partial charge on any atom is -0.0587 e. The average Bonchev–Trinajstić information content (AvgIpc) is 2.53. The number of rotatable bonds is 6. The molecule has 0 heterocycles. The summed E-state index contributed by atoms with van der Waals surface area (Å²) in [5, 5.41) is 0. The summed E-state index contributed by atoms with van der Waals surface area (Å²) in [5.41, 5.74) is 5.63. The van der Waals surface area contributed by atoms with Gasteiger partial charge in [-0.15, -0.1) is 0 Å². The molecule has 2 aromatic rings. The molecule has 0 N–H and O–H groups in total. The highest BCUT2D eigenvalue weighted by Gasteiger charge is 2.14. The van der Waals surface area contributed by atoms with Crippen molar-refractivity contribution < 1.29 is 0 Å². The Hall–Kier alpha value is -1.56. The Bertz CT molecular complexity index is 506. The summed E-state index contributed by atoms with van der Waals surface area (Å²) in [6.07, 6.45) is 2.06. The Balaban J connectivity index is 2.28. The maximum absolute atomic E-state index is 4.07. The summed E-state index contributed by atoms with van der Waals surface area (Å²) >= 11 is 0. The van der Waals surface area contributed by atoms with Crippen molar-refractivity contribution in [3.63, 3.8) is 0 Å². The lowest BCUT2D eigenvalue weighted by Gasteiger charge is -2.19. The monoisotopic (exact) mass is 293 g/mol. The van der Waals surface area contributed by atoms with Gasteiger partial charge in [-0.25, -0.2) is 0 Å². The van der Waals surface area contributed by atoms with Gasteiger partial charge in [0.25, 0.3) is 0 Å². The van der Waals surface area contributed by atoms with E-state index in [1.54, 1.807) is 0 Å². The molecule has 0 aliphatic carbocycles. The molecular formula is C22H29. The molecule has 0 atom stereocenters. The molecule has 2 aromatic carbocycles. The predicted octanol–water partition coefficient (Wildman–Crippen LogP) is 6.68. The third-order valence-corrected chi connectivity index (χ3v) is 4.50. The van der Waals surface area contributed by atoms with Crippen LogP contribution in [0.5, 0.6) is 0 Å². The fraction of sp³-hybridized carbons (Fsp3) is 0.409. The minimum atomic E-state index is 0.458. The zero-order valence-corrected chi connectivity index (χ0v) is 14.5. The van der Waals surface area contributed by atoms with Crippen LogP contribution in [0.4, 0.5) is 0 Å². The van der Waals surface area contributed by atoms with Crippen LogP contribution in [-0.4, -0.2) is 0 Å². The van der Waals surface area contributed by atoms with Gasteiger partial charge in [0.05, 0.1) is 0 Å². The maximum Gasteiger partial charge on any atom is 0.00893 e. The molecule has 0 bridgehead atoms. The van der Waals surface area contributed by atoms with Crippen LogP contribution in [0.3, 0.4) is 0 Å². The molecule has 1 radical (unpaired) electrons. The van der Waals surface area contributed by atoms with Gasteiger partial charge in [-0.1, -0.05) is 89.6 Å². The second kappa shape index (κ2) is 7.63. The first-order valence-electron chi connectivity index (χ1n) is 8.52. The predicted molar refractivity (Wildman–Crippen MR) is 97.5 cm³/mol. The van der Waals surface area contributed by atoms with Gasteiger partial charge in [-0.2, -0.15) is 0 Å². The molecule has 22 heavy (non-hydrogen) atoms. The highest BCUT2D eigenvalue weighted by Crippen LogP contribution is 2.31. The highest BCUT2D eigenvalue weighted by atomic mass is 14.2. The van der Waals surface area contributed by atoms with Gasteiger partial charge in [0, 0.05) is 5.92 Å². The molecule has 0 fully saturated rings. The third kappa shape index (κ3) is 4.00. The zero-order valence-electron chi connectivity index (χ0n) is 14.5. The van der Waals surface area contributed by atoms with E-state index in [-0.39, 0.29) is 0 Å². The van der Waals surface area contributed by atoms with E-state index in [0.29, 0.717) is 17.8 Å². The van der Waals surface area contributed by atoms with Gasteiger partial charge in [0.15, 0.2) is 0 Å². The van der Waals surface area contributed by atoms with Crippen molar-refractivity contribution in [3.8, 4) is 0 Å². The third-order valence-electron chi connectivity index (χ3n) is 4.50. The van der Waals surface area contributed by atoms with Crippen molar-refractivity contribution in [1.29, 1.82) is 0 Å². The Morgan fingerprint density at radius 2 is 0.955 bits per heavy atom. The van der Waals surface area contributed by atoms with Gasteiger partial charge >= 0.3 is 0 Å². The van der Waals surface area contributed by atoms with Crippen LogP contribution >= 0.6 is 0 Å². The van der Waals surface area contributed by atoms with Crippen molar-refractivity contribution in [1.82, 2.24) is 0 Å². The molecular weight excluding hydrogens is 264 g/mol. The first-order valence-corrected chi connectivity index (χ1v) is 8.52. The van der Waals surface area contributed by atoms with Crippen molar-refractivity contribution >= 4 is 0 Å². The molecule has 0 aromatic heterocycles. The standard InChI is InChI=1S/C22H29/c1-6-7-22(20-12-8-18(9-13-20)16(2)3)21-14-10-19(11-15-21)17(4)5/h8-17,22H,1,6-7H2,2-5H3. The molecule has 0 nitrogen and oxygen atoms in total. The summed E-state index contributed by atoms with van der Waals surface area (Å²) < 4.78 is 0. The second-order valence-electron chi connectivity index (χ2n) is 6.84. The lowest BCUT2D eigenvalue weighted by atomic mass is 9.85. The largest absolute Gasteiger partial charge is 0.0587 e. The van der Waals surface area contributed by atoms with Crippen molar-refractivity contribution in [3.05, 3.63) is 77.7 Å². The van der Waals surface area contributed by atoms with Gasteiger partial charge in [0.1, 0.15) is 0 Å². The van der Waals surface area contributed by atoms with E-state index in [1.165, 1.54) is 22.3 Å². The van der Waals surface area contributed by atoms with E-state index in [4.69, 9.17) is 0 Å². The minimum absolute atomic E-state index is 0.458. The van der Waals surface area contributed by atoms with E-state index in [0.717, 1.165) is 12.8 Å². The highest BCUT2D eigenvalue weighted by molar-refractivity contribution is 5.36. The van der Waals surface area contributed by atoms with Gasteiger partial charge in [-0.3, -0.25) is 0 Å². The van der Waals surface area contributed by atoms with E-state index in [9.17, 15) is 0 Å². The van der Waals surface area contributed by atoms with Gasteiger partial charge < -0.3 is 0 Å². The Kier molecular flexibility index (Phi) is 5.83. The molecule has 0 unspecified atom stereocenters. The number of benzene rings is 2. The van der Waals surface area contributed by atoms with Gasteiger partial charge in [-0.05, 0) is 40.5 Å². The molecule has 0 aliphatic heterocycles. The SMILES string of the molecule is [CH2]CCC(c1ccc(C(C)C)cc1)c1ccc(C(C)C)cc1. The van der Waals surface area contributed by atoms with Crippen molar-refractivity contribution in [2.45, 2.75) is 58.3 Å². The van der Waals surface area contributed by atoms with E-state index < -0.39 is 0 Å². The molecule has 0 heteroatoms. The quantitative estimate of drug-likeness (QED) is 0.557. The molecule has 117 valence electrons. The normalized spacial score (nSPS) is 11.6. The smallest absolute Gasteiger partial charge is 0.00893 e. The van der Waals surface area contributed by atoms with Gasteiger partial charge in [0.2, 0.25) is 0 Å². The molecule has 0 saturated heterocycles. The molecule has 0 amide bonds. The number of hydrogen-bond donors (Lipinski definition) is 0. The first kappa shape index (κ1) is 16.8. The summed E-state index contributed by atoms with van der Waals surface area (Å²) in [4.78, 5) is 0. The van der Waals surface area contributed by atoms with Crippen LogP contribution in [0.2, 0.25) is 0 Å². The lowest BCUT2D eigenvalue weighted by Crippen LogP contribution is -2.02. The lowest BCUT2D eigenvalue weighted by molar-refractivity contribution is 0.724. The first-order chi connectivity index (χ1) is 10.5. The van der Waals surface area contributed by atoms with E-state index >= 15 is 0 Å². The topological polar surface area (TPSA) is 0 Å². The van der Waals surface area contributed by atoms with Crippen LogP contribution in [0.15, 0.2) is 48.5 Å². The Labute approximate surface area is 136 Å². The molecule has 0 aliphatic rings. The summed E-state index contributed by atoms with van der Waals surface area (Å²) in [5.74, 6) is 1.64. The summed E-state index contributed by atoms with van der Waals surface area (Å²) in [6.45, 7) is 13.0. The summed E-state index contributed by atoms with van der Waals surface area (Å²) in [6, 6.07) is 18.3. The van der Waals surface area contributed by atoms with Crippen LogP contribution < -0.4 is 0 Å². The van der Waals surface area contributed by atoms with E-state index in [1.807, 2.05) is 0 Å².